The molecule has 0 radical (unpaired) electrons. The molecule has 3 aromatic rings. The van der Waals surface area contributed by atoms with Crippen LogP contribution in [0.2, 0.25) is 0 Å². The summed E-state index contributed by atoms with van der Waals surface area (Å²) in [6.45, 7) is 2.38. The Morgan fingerprint density at radius 2 is 1.62 bits per heavy atom. The molecule has 2 aliphatic rings. The number of morpholine rings is 1. The van der Waals surface area contributed by atoms with Gasteiger partial charge in [-0.1, -0.05) is 18.2 Å². The third kappa shape index (κ3) is 7.12. The molecule has 1 saturated heterocycles. The Kier molecular flexibility index (Phi) is 9.60. The molecule has 47 heavy (non-hydrogen) atoms. The lowest BCUT2D eigenvalue weighted by Crippen LogP contribution is -2.40. The fourth-order valence-electron chi connectivity index (χ4n) is 5.00. The largest absolute Gasteiger partial charge is 0.569 e. The van der Waals surface area contributed by atoms with E-state index in [2.05, 4.69) is 10.4 Å². The van der Waals surface area contributed by atoms with E-state index in [1.807, 2.05) is 6.07 Å². The Balaban J connectivity index is 1.43. The van der Waals surface area contributed by atoms with Crippen LogP contribution < -0.4 is 19.0 Å². The van der Waals surface area contributed by atoms with E-state index in [0.717, 1.165) is 11.6 Å². The topological polar surface area (TPSA) is 207 Å². The van der Waals surface area contributed by atoms with E-state index in [1.165, 1.54) is 37.2 Å². The van der Waals surface area contributed by atoms with Gasteiger partial charge in [-0.3, -0.25) is 29.9 Å². The van der Waals surface area contributed by atoms with Gasteiger partial charge in [0.05, 0.1) is 54.0 Å². The minimum atomic E-state index is -0.903. The molecule has 0 N–H and O–H groups in total. The van der Waals surface area contributed by atoms with E-state index >= 15 is 0 Å². The monoisotopic (exact) mass is 651 g/mol. The Labute approximate surface area is 266 Å². The number of hydrazone groups is 1. The van der Waals surface area contributed by atoms with Gasteiger partial charge in [-0.05, 0) is 29.8 Å². The van der Waals surface area contributed by atoms with Crippen molar-refractivity contribution in [1.82, 2.24) is 10.0 Å². The summed E-state index contributed by atoms with van der Waals surface area (Å²) in [6.07, 6.45) is 0.324. The molecular formula is C29H29N7O11. The molecule has 18 heteroatoms. The molecule has 0 saturated carbocycles. The van der Waals surface area contributed by atoms with Crippen LogP contribution in [-0.2, 0) is 9.53 Å². The molecule has 1 fully saturated rings. The number of amides is 1. The second-order valence-electron chi connectivity index (χ2n) is 10.2. The van der Waals surface area contributed by atoms with Gasteiger partial charge in [0.15, 0.2) is 11.5 Å². The van der Waals surface area contributed by atoms with Gasteiger partial charge in [0.2, 0.25) is 22.7 Å². The fourth-order valence-corrected chi connectivity index (χ4v) is 5.00. The molecule has 1 unspecified atom stereocenters. The average molecular weight is 652 g/mol. The van der Waals surface area contributed by atoms with Gasteiger partial charge in [-0.15, -0.1) is 5.01 Å². The molecule has 2 aliphatic heterocycles. The van der Waals surface area contributed by atoms with Gasteiger partial charge < -0.3 is 24.2 Å². The molecular weight excluding hydrogens is 622 g/mol. The van der Waals surface area contributed by atoms with Crippen molar-refractivity contribution in [3.8, 4) is 28.7 Å². The lowest BCUT2D eigenvalue weighted by Gasteiger charge is -2.21. The van der Waals surface area contributed by atoms with Crippen molar-refractivity contribution in [2.24, 2.45) is 10.4 Å². The van der Waals surface area contributed by atoms with Crippen molar-refractivity contribution in [2.45, 2.75) is 19.4 Å². The molecule has 246 valence electrons. The molecule has 3 aromatic carbocycles. The normalized spacial score (nSPS) is 16.4. The summed E-state index contributed by atoms with van der Waals surface area (Å²) < 4.78 is 21.8. The molecule has 1 amide bonds. The van der Waals surface area contributed by atoms with E-state index in [0.29, 0.717) is 35.3 Å². The summed E-state index contributed by atoms with van der Waals surface area (Å²) in [5.41, 5.74) is 0.318. The summed E-state index contributed by atoms with van der Waals surface area (Å²) >= 11 is 0. The number of methoxy groups -OCH3 is 2. The van der Waals surface area contributed by atoms with Crippen LogP contribution in [0.15, 0.2) is 65.0 Å². The van der Waals surface area contributed by atoms with Gasteiger partial charge in [0.1, 0.15) is 24.9 Å². The smallest absolute Gasteiger partial charge is 0.321 e. The van der Waals surface area contributed by atoms with E-state index in [1.54, 1.807) is 30.3 Å². The highest BCUT2D eigenvalue weighted by Gasteiger charge is 2.33. The molecule has 18 nitrogen and oxygen atoms in total. The first-order valence-corrected chi connectivity index (χ1v) is 14.1. The van der Waals surface area contributed by atoms with Crippen LogP contribution >= 0.6 is 0 Å². The third-order valence-electron chi connectivity index (χ3n) is 7.29. The zero-order valence-electron chi connectivity index (χ0n) is 25.4. The Morgan fingerprint density at radius 1 is 0.915 bits per heavy atom. The molecule has 5 rings (SSSR count). The Hall–Kier alpha value is -6.04. The number of ether oxygens (including phenoxy) is 4. The number of rotatable bonds is 11. The first-order chi connectivity index (χ1) is 22.6. The standard InChI is InChI=1S/C29H29N7O11/c1-18(37)33-23(20-7-8-26(43-2)29(14-20)44-3)15-22(30-33)19-5-4-6-21(13-19)46-27-17-28(25(35(40)41)16-24(27)34(38)39)47-31-36(42)32-9-11-45-12-10-32/h4-8,13-14,16-17,23H,9-12,15H2,1-3H3/b36-31-. The SMILES string of the molecule is COc1ccc(C2CC(c3cccc(Oc4cc(O/N=[N+](\[O-])N5CCOCC5)c([N+](=O)[O-])cc4[N+](=O)[O-])c3)=NN2C(C)=O)cc1OC. The maximum absolute atomic E-state index is 12.6. The minimum Gasteiger partial charge on any atom is -0.569 e. The first-order valence-electron chi connectivity index (χ1n) is 14.1. The maximum Gasteiger partial charge on any atom is 0.321 e. The van der Waals surface area contributed by atoms with Crippen LogP contribution in [0, 0.1) is 25.4 Å². The number of nitro groups is 2. The number of hydrazine groups is 1. The van der Waals surface area contributed by atoms with Crippen molar-refractivity contribution in [1.29, 1.82) is 0 Å². The van der Waals surface area contributed by atoms with E-state index in [-0.39, 0.29) is 42.9 Å². The van der Waals surface area contributed by atoms with Gasteiger partial charge in [-0.2, -0.15) is 5.10 Å². The number of hydrogen-bond acceptors (Lipinski definition) is 13. The van der Waals surface area contributed by atoms with Crippen molar-refractivity contribution < 1.29 is 43.4 Å². The molecule has 0 bridgehead atoms. The predicted molar refractivity (Wildman–Crippen MR) is 161 cm³/mol. The lowest BCUT2D eigenvalue weighted by molar-refractivity contribution is -0.710. The number of nitrogens with zero attached hydrogens (tertiary/aromatic N) is 7. The molecule has 0 spiro atoms. The van der Waals surface area contributed by atoms with Crippen LogP contribution in [0.25, 0.3) is 0 Å². The zero-order chi connectivity index (χ0) is 33.7. The van der Waals surface area contributed by atoms with Gasteiger partial charge >= 0.3 is 11.4 Å². The average Bonchev–Trinajstić information content (AvgIpc) is 3.53. The maximum atomic E-state index is 12.6. The molecule has 2 heterocycles. The second kappa shape index (κ2) is 13.9. The molecule has 1 atom stereocenters. The van der Waals surface area contributed by atoms with E-state index in [4.69, 9.17) is 23.8 Å². The quantitative estimate of drug-likeness (QED) is 0.121. The van der Waals surface area contributed by atoms with Crippen LogP contribution in [0.1, 0.15) is 30.5 Å². The number of carbonyl (C=O) groups excluding carboxylic acids is 1. The Bertz CT molecular complexity index is 1760. The zero-order valence-corrected chi connectivity index (χ0v) is 25.4. The van der Waals surface area contributed by atoms with Crippen LogP contribution in [0.4, 0.5) is 11.4 Å². The highest BCUT2D eigenvalue weighted by molar-refractivity contribution is 6.03. The third-order valence-corrected chi connectivity index (χ3v) is 7.29. The van der Waals surface area contributed by atoms with Crippen molar-refractivity contribution in [3.05, 3.63) is 91.2 Å². The second-order valence-corrected chi connectivity index (χ2v) is 10.2. The number of carbonyl (C=O) groups is 1. The van der Waals surface area contributed by atoms with Crippen molar-refractivity contribution in [3.63, 3.8) is 0 Å². The summed E-state index contributed by atoms with van der Waals surface area (Å²) in [6, 6.07) is 12.9. The summed E-state index contributed by atoms with van der Waals surface area (Å²) in [4.78, 5) is 39.6. The van der Waals surface area contributed by atoms with Gasteiger partial charge in [0.25, 0.3) is 0 Å². The van der Waals surface area contributed by atoms with Crippen LogP contribution in [0.3, 0.4) is 0 Å². The summed E-state index contributed by atoms with van der Waals surface area (Å²) in [5.74, 6) is -0.129. The highest BCUT2D eigenvalue weighted by Crippen LogP contribution is 2.42. The first kappa shape index (κ1) is 32.4. The van der Waals surface area contributed by atoms with Crippen LogP contribution in [0.5, 0.6) is 28.7 Å². The van der Waals surface area contributed by atoms with Gasteiger partial charge in [-0.25, -0.2) is 5.01 Å². The summed E-state index contributed by atoms with van der Waals surface area (Å²) in [7, 11) is 3.03. The van der Waals surface area contributed by atoms with Gasteiger partial charge in [0, 0.05) is 25.0 Å². The van der Waals surface area contributed by atoms with Crippen molar-refractivity contribution >= 4 is 23.0 Å². The van der Waals surface area contributed by atoms with Crippen LogP contribution in [-0.4, -0.2) is 77.0 Å². The van der Waals surface area contributed by atoms with Crippen molar-refractivity contribution in [2.75, 3.05) is 40.5 Å². The predicted octanol–water partition coefficient (Wildman–Crippen LogP) is 4.51. The fraction of sp³-hybridized carbons (Fsp3) is 0.310. The number of benzene rings is 3. The summed E-state index contributed by atoms with van der Waals surface area (Å²) in [5, 5.41) is 46.5. The minimum absolute atomic E-state index is 0.118. The molecule has 0 aromatic heterocycles. The number of hydrogen-bond donors (Lipinski definition) is 0. The molecule has 0 aliphatic carbocycles. The van der Waals surface area contributed by atoms with E-state index in [9.17, 15) is 30.2 Å². The van der Waals surface area contributed by atoms with E-state index < -0.39 is 38.8 Å². The highest BCUT2D eigenvalue weighted by atomic mass is 16.7. The Morgan fingerprint density at radius 3 is 2.28 bits per heavy atom. The lowest BCUT2D eigenvalue weighted by atomic mass is 9.98. The number of nitro benzene ring substituents is 2.